The first kappa shape index (κ1) is 23.3. The molecule has 0 radical (unpaired) electrons. The maximum Gasteiger partial charge on any atom is 0.251 e. The fourth-order valence-electron chi connectivity index (χ4n) is 3.64. The van der Waals surface area contributed by atoms with Gasteiger partial charge >= 0.3 is 0 Å². The van der Waals surface area contributed by atoms with Gasteiger partial charge in [0.15, 0.2) is 0 Å². The number of sulfonamides is 1. The topological polar surface area (TPSA) is 75.7 Å². The van der Waals surface area contributed by atoms with Crippen molar-refractivity contribution in [3.8, 4) is 5.75 Å². The fourth-order valence-corrected chi connectivity index (χ4v) is 5.41. The molecule has 168 valence electrons. The van der Waals surface area contributed by atoms with Crippen LogP contribution in [-0.4, -0.2) is 44.4 Å². The number of nitrogens with one attached hydrogen (secondary N) is 1. The van der Waals surface area contributed by atoms with Crippen molar-refractivity contribution in [1.29, 1.82) is 0 Å². The number of carbonyl (C=O) groups is 1. The Hall–Kier alpha value is -2.38. The van der Waals surface area contributed by atoms with Gasteiger partial charge in [-0.3, -0.25) is 4.79 Å². The highest BCUT2D eigenvalue weighted by Crippen LogP contribution is 2.24. The van der Waals surface area contributed by atoms with Crippen molar-refractivity contribution < 1.29 is 17.9 Å². The molecule has 2 aromatic rings. The van der Waals surface area contributed by atoms with Crippen LogP contribution in [0, 0.1) is 13.8 Å². The number of rotatable bonds is 7. The van der Waals surface area contributed by atoms with E-state index in [1.807, 2.05) is 38.1 Å². The zero-order valence-electron chi connectivity index (χ0n) is 18.6. The predicted molar refractivity (Wildman–Crippen MR) is 122 cm³/mol. The second kappa shape index (κ2) is 10.3. The number of amides is 1. The van der Waals surface area contributed by atoms with E-state index in [1.165, 1.54) is 6.07 Å². The van der Waals surface area contributed by atoms with Gasteiger partial charge in [-0.1, -0.05) is 36.6 Å². The molecule has 1 heterocycles. The standard InChI is InChI=1S/C24H32N2O4S/c1-18-8-12-22(13-9-18)30-17-20(3)25-24(27)21-11-10-19(2)23(16-21)31(28,29)26-14-6-4-5-7-15-26/h8-13,16,20H,4-7,14-15,17H2,1-3H3,(H,25,27)/t20-/m0/s1. The van der Waals surface area contributed by atoms with Gasteiger partial charge in [0.1, 0.15) is 12.4 Å². The molecule has 0 aliphatic carbocycles. The molecule has 1 amide bonds. The molecule has 1 saturated heterocycles. The molecular formula is C24H32N2O4S. The average molecular weight is 445 g/mol. The van der Waals surface area contributed by atoms with Crippen LogP contribution >= 0.6 is 0 Å². The monoisotopic (exact) mass is 444 g/mol. The normalized spacial score (nSPS) is 16.4. The Morgan fingerprint density at radius 3 is 2.32 bits per heavy atom. The quantitative estimate of drug-likeness (QED) is 0.699. The molecule has 0 spiro atoms. The van der Waals surface area contributed by atoms with Gasteiger partial charge in [-0.15, -0.1) is 0 Å². The highest BCUT2D eigenvalue weighted by Gasteiger charge is 2.27. The van der Waals surface area contributed by atoms with Crippen molar-refractivity contribution in [2.45, 2.75) is 57.4 Å². The van der Waals surface area contributed by atoms with Crippen molar-refractivity contribution in [1.82, 2.24) is 9.62 Å². The molecule has 1 aliphatic heterocycles. The summed E-state index contributed by atoms with van der Waals surface area (Å²) in [6.45, 7) is 7.02. The maximum atomic E-state index is 13.2. The first-order valence-electron chi connectivity index (χ1n) is 10.9. The Bertz CT molecular complexity index is 995. The molecule has 31 heavy (non-hydrogen) atoms. The summed E-state index contributed by atoms with van der Waals surface area (Å²) in [6.07, 6.45) is 3.85. The Morgan fingerprint density at radius 1 is 1.03 bits per heavy atom. The van der Waals surface area contributed by atoms with E-state index >= 15 is 0 Å². The minimum Gasteiger partial charge on any atom is -0.491 e. The summed E-state index contributed by atoms with van der Waals surface area (Å²) in [5.41, 5.74) is 2.14. The van der Waals surface area contributed by atoms with Gasteiger partial charge in [0.2, 0.25) is 10.0 Å². The lowest BCUT2D eigenvalue weighted by Crippen LogP contribution is -2.37. The third-order valence-electron chi connectivity index (χ3n) is 5.53. The van der Waals surface area contributed by atoms with Crippen molar-refractivity contribution in [3.63, 3.8) is 0 Å². The summed E-state index contributed by atoms with van der Waals surface area (Å²) < 4.78 is 33.7. The van der Waals surface area contributed by atoms with Crippen LogP contribution in [0.25, 0.3) is 0 Å². The molecule has 1 fully saturated rings. The third kappa shape index (κ3) is 6.08. The SMILES string of the molecule is Cc1ccc(OC[C@H](C)NC(=O)c2ccc(C)c(S(=O)(=O)N3CCCCCC3)c2)cc1. The number of benzene rings is 2. The second-order valence-electron chi connectivity index (χ2n) is 8.30. The lowest BCUT2D eigenvalue weighted by molar-refractivity contribution is 0.0926. The lowest BCUT2D eigenvalue weighted by Gasteiger charge is -2.21. The van der Waals surface area contributed by atoms with Crippen molar-refractivity contribution >= 4 is 15.9 Å². The molecule has 2 aromatic carbocycles. The molecule has 0 saturated carbocycles. The van der Waals surface area contributed by atoms with Crippen LogP contribution in [0.1, 0.15) is 54.1 Å². The summed E-state index contributed by atoms with van der Waals surface area (Å²) in [6, 6.07) is 12.4. The van der Waals surface area contributed by atoms with E-state index in [0.29, 0.717) is 30.8 Å². The minimum absolute atomic E-state index is 0.214. The smallest absolute Gasteiger partial charge is 0.251 e. The first-order chi connectivity index (χ1) is 14.8. The van der Waals surface area contributed by atoms with E-state index in [1.54, 1.807) is 23.4 Å². The summed E-state index contributed by atoms with van der Waals surface area (Å²) >= 11 is 0. The maximum absolute atomic E-state index is 13.2. The van der Waals surface area contributed by atoms with Gasteiger partial charge in [0.25, 0.3) is 5.91 Å². The van der Waals surface area contributed by atoms with Gasteiger partial charge in [-0.05, 0) is 63.4 Å². The highest BCUT2D eigenvalue weighted by molar-refractivity contribution is 7.89. The number of aryl methyl sites for hydroxylation is 2. The van der Waals surface area contributed by atoms with Crippen LogP contribution in [0.4, 0.5) is 0 Å². The van der Waals surface area contributed by atoms with Gasteiger partial charge in [-0.2, -0.15) is 4.31 Å². The van der Waals surface area contributed by atoms with Crippen LogP contribution in [0.2, 0.25) is 0 Å². The summed E-state index contributed by atoms with van der Waals surface area (Å²) in [5.74, 6) is 0.431. The van der Waals surface area contributed by atoms with Gasteiger partial charge in [-0.25, -0.2) is 8.42 Å². The van der Waals surface area contributed by atoms with Gasteiger partial charge in [0.05, 0.1) is 10.9 Å². The van der Waals surface area contributed by atoms with Crippen LogP contribution < -0.4 is 10.1 Å². The van der Waals surface area contributed by atoms with Crippen molar-refractivity contribution in [3.05, 3.63) is 59.2 Å². The van der Waals surface area contributed by atoms with Crippen molar-refractivity contribution in [2.24, 2.45) is 0 Å². The summed E-state index contributed by atoms with van der Waals surface area (Å²) in [5, 5.41) is 2.89. The number of ether oxygens (including phenoxy) is 1. The molecule has 0 unspecified atom stereocenters. The zero-order valence-corrected chi connectivity index (χ0v) is 19.4. The van der Waals surface area contributed by atoms with Gasteiger partial charge in [0, 0.05) is 18.7 Å². The molecule has 3 rings (SSSR count). The molecule has 0 aromatic heterocycles. The highest BCUT2D eigenvalue weighted by atomic mass is 32.2. The molecule has 1 atom stereocenters. The van der Waals surface area contributed by atoms with E-state index in [-0.39, 0.29) is 16.8 Å². The van der Waals surface area contributed by atoms with Crippen molar-refractivity contribution in [2.75, 3.05) is 19.7 Å². The largest absolute Gasteiger partial charge is 0.491 e. The van der Waals surface area contributed by atoms with Crippen LogP contribution in [0.3, 0.4) is 0 Å². The number of hydrogen-bond donors (Lipinski definition) is 1. The van der Waals surface area contributed by atoms with E-state index in [2.05, 4.69) is 5.32 Å². The number of carbonyl (C=O) groups excluding carboxylic acids is 1. The average Bonchev–Trinajstić information content (AvgIpc) is 3.03. The minimum atomic E-state index is -3.62. The van der Waals surface area contributed by atoms with Gasteiger partial charge < -0.3 is 10.1 Å². The van der Waals surface area contributed by atoms with Crippen LogP contribution in [-0.2, 0) is 10.0 Å². The third-order valence-corrected chi connectivity index (χ3v) is 7.57. The number of nitrogens with zero attached hydrogens (tertiary/aromatic N) is 1. The summed E-state index contributed by atoms with van der Waals surface area (Å²) in [4.78, 5) is 13.0. The van der Waals surface area contributed by atoms with E-state index in [9.17, 15) is 13.2 Å². The van der Waals surface area contributed by atoms with E-state index in [0.717, 1.165) is 37.0 Å². The Balaban J connectivity index is 1.68. The molecule has 6 nitrogen and oxygen atoms in total. The van der Waals surface area contributed by atoms with E-state index < -0.39 is 10.0 Å². The van der Waals surface area contributed by atoms with E-state index in [4.69, 9.17) is 4.74 Å². The lowest BCUT2D eigenvalue weighted by atomic mass is 10.1. The molecule has 7 heteroatoms. The van der Waals surface area contributed by atoms with Crippen LogP contribution in [0.15, 0.2) is 47.4 Å². The Labute approximate surface area is 185 Å². The number of hydrogen-bond acceptors (Lipinski definition) is 4. The Morgan fingerprint density at radius 2 is 1.68 bits per heavy atom. The first-order valence-corrected chi connectivity index (χ1v) is 12.3. The molecule has 1 N–H and O–H groups in total. The fraction of sp³-hybridized carbons (Fsp3) is 0.458. The molecule has 1 aliphatic rings. The Kier molecular flexibility index (Phi) is 7.73. The zero-order chi connectivity index (χ0) is 22.4. The van der Waals surface area contributed by atoms with Crippen LogP contribution in [0.5, 0.6) is 5.75 Å². The summed E-state index contributed by atoms with van der Waals surface area (Å²) in [7, 11) is -3.62. The molecular weight excluding hydrogens is 412 g/mol. The second-order valence-corrected chi connectivity index (χ2v) is 10.2. The molecule has 0 bridgehead atoms. The predicted octanol–water partition coefficient (Wildman–Crippen LogP) is 4.07.